The number of anilines is 1. The van der Waals surface area contributed by atoms with Gasteiger partial charge in [0.2, 0.25) is 5.95 Å². The number of benzene rings is 1. The van der Waals surface area contributed by atoms with Gasteiger partial charge in [-0.05, 0) is 0 Å². The van der Waals surface area contributed by atoms with Crippen molar-refractivity contribution in [3.8, 4) is 11.1 Å². The number of methoxy groups -OCH3 is 1. The highest BCUT2D eigenvalue weighted by Gasteiger charge is 2.18. The van der Waals surface area contributed by atoms with Gasteiger partial charge in [-0.2, -0.15) is 0 Å². The Morgan fingerprint density at radius 1 is 1.16 bits per heavy atom. The monoisotopic (exact) mass is 344 g/mol. The molecule has 3 rings (SSSR count). The molecule has 0 aliphatic carbocycles. The molecular formula is C18H21FN4O2. The van der Waals surface area contributed by atoms with Crippen molar-refractivity contribution in [2.24, 2.45) is 5.16 Å². The molecule has 1 aliphatic rings. The minimum Gasteiger partial charge on any atom is -0.399 e. The van der Waals surface area contributed by atoms with Crippen LogP contribution in [0.4, 0.5) is 10.3 Å². The molecule has 25 heavy (non-hydrogen) atoms. The summed E-state index contributed by atoms with van der Waals surface area (Å²) >= 11 is 0. The average Bonchev–Trinajstić information content (AvgIpc) is 2.65. The van der Waals surface area contributed by atoms with Crippen LogP contribution in [0.2, 0.25) is 0 Å². The number of hydrogen-bond donors (Lipinski definition) is 0. The predicted octanol–water partition coefficient (Wildman–Crippen LogP) is 3.03. The van der Waals surface area contributed by atoms with Gasteiger partial charge in [0.1, 0.15) is 12.9 Å². The summed E-state index contributed by atoms with van der Waals surface area (Å²) in [6, 6.07) is 5.24. The van der Waals surface area contributed by atoms with Crippen LogP contribution in [0.3, 0.4) is 0 Å². The second-order valence-corrected chi connectivity index (χ2v) is 5.81. The summed E-state index contributed by atoms with van der Waals surface area (Å²) in [5.41, 5.74) is 2.70. The highest BCUT2D eigenvalue weighted by atomic mass is 19.1. The Morgan fingerprint density at radius 3 is 2.52 bits per heavy atom. The summed E-state index contributed by atoms with van der Waals surface area (Å²) in [6.45, 7) is 1.82. The Morgan fingerprint density at radius 2 is 1.88 bits per heavy atom. The van der Waals surface area contributed by atoms with Crippen LogP contribution in [0.25, 0.3) is 11.1 Å². The van der Waals surface area contributed by atoms with Crippen LogP contribution >= 0.6 is 0 Å². The van der Waals surface area contributed by atoms with Crippen molar-refractivity contribution in [1.29, 1.82) is 0 Å². The number of halogens is 1. The van der Waals surface area contributed by atoms with Gasteiger partial charge in [0, 0.05) is 62.1 Å². The van der Waals surface area contributed by atoms with E-state index in [9.17, 15) is 4.39 Å². The standard InChI is InChI=1S/C18H21FN4O2/c1-24-12-13-4-3-5-16(17(13)19)14-10-20-18(21-11-14)23-8-6-15(7-9-23)22-25-2/h3-5,10-11H,6-9,12H2,1-2H3. The summed E-state index contributed by atoms with van der Waals surface area (Å²) in [4.78, 5) is 15.7. The SMILES string of the molecule is COCc1cccc(-c2cnc(N3CCC(=NOC)CC3)nc2)c1F. The summed E-state index contributed by atoms with van der Waals surface area (Å²) in [7, 11) is 3.10. The number of hydrogen-bond acceptors (Lipinski definition) is 6. The molecule has 0 spiro atoms. The molecule has 0 N–H and O–H groups in total. The molecule has 2 heterocycles. The lowest BCUT2D eigenvalue weighted by Gasteiger charge is -2.27. The van der Waals surface area contributed by atoms with E-state index in [0.29, 0.717) is 22.6 Å². The zero-order valence-electron chi connectivity index (χ0n) is 14.4. The van der Waals surface area contributed by atoms with Crippen molar-refractivity contribution in [1.82, 2.24) is 9.97 Å². The molecule has 0 atom stereocenters. The first kappa shape index (κ1) is 17.3. The Bertz CT molecular complexity index is 739. The van der Waals surface area contributed by atoms with E-state index in [-0.39, 0.29) is 12.4 Å². The van der Waals surface area contributed by atoms with Crippen LogP contribution in [-0.4, -0.2) is 43.0 Å². The Hall–Kier alpha value is -2.54. The van der Waals surface area contributed by atoms with E-state index >= 15 is 0 Å². The second kappa shape index (κ2) is 8.02. The van der Waals surface area contributed by atoms with Gasteiger partial charge in [-0.25, -0.2) is 14.4 Å². The van der Waals surface area contributed by atoms with Crippen LogP contribution in [0, 0.1) is 5.82 Å². The van der Waals surface area contributed by atoms with E-state index in [1.54, 1.807) is 38.7 Å². The zero-order valence-corrected chi connectivity index (χ0v) is 14.4. The molecule has 2 aromatic rings. The fraction of sp³-hybridized carbons (Fsp3) is 0.389. The van der Waals surface area contributed by atoms with E-state index in [0.717, 1.165) is 31.6 Å². The normalized spacial score (nSPS) is 14.5. The number of nitrogens with zero attached hydrogens (tertiary/aromatic N) is 4. The van der Waals surface area contributed by atoms with Gasteiger partial charge >= 0.3 is 0 Å². The Kier molecular flexibility index (Phi) is 5.55. The molecule has 1 aromatic carbocycles. The van der Waals surface area contributed by atoms with Crippen molar-refractivity contribution >= 4 is 11.7 Å². The Labute approximate surface area is 146 Å². The minimum atomic E-state index is -0.293. The molecule has 1 aromatic heterocycles. The highest BCUT2D eigenvalue weighted by Crippen LogP contribution is 2.25. The van der Waals surface area contributed by atoms with Gasteiger partial charge in [-0.3, -0.25) is 0 Å². The number of rotatable bonds is 5. The number of oxime groups is 1. The minimum absolute atomic E-state index is 0.234. The molecule has 6 nitrogen and oxygen atoms in total. The molecule has 1 fully saturated rings. The van der Waals surface area contributed by atoms with E-state index in [2.05, 4.69) is 20.0 Å². The lowest BCUT2D eigenvalue weighted by molar-refractivity contribution is 0.181. The third-order valence-corrected chi connectivity index (χ3v) is 4.17. The van der Waals surface area contributed by atoms with Crippen LogP contribution in [-0.2, 0) is 16.2 Å². The van der Waals surface area contributed by atoms with Crippen LogP contribution in [0.1, 0.15) is 18.4 Å². The second-order valence-electron chi connectivity index (χ2n) is 5.81. The topological polar surface area (TPSA) is 59.8 Å². The fourth-order valence-corrected chi connectivity index (χ4v) is 2.88. The van der Waals surface area contributed by atoms with Gasteiger partial charge in [-0.15, -0.1) is 0 Å². The smallest absolute Gasteiger partial charge is 0.225 e. The molecule has 0 unspecified atom stereocenters. The molecule has 132 valence electrons. The van der Waals surface area contributed by atoms with Crippen LogP contribution in [0.15, 0.2) is 35.7 Å². The maximum atomic E-state index is 14.5. The van der Waals surface area contributed by atoms with Gasteiger partial charge < -0.3 is 14.5 Å². The first-order chi connectivity index (χ1) is 12.2. The lowest BCUT2D eigenvalue weighted by atomic mass is 10.1. The molecule has 1 aliphatic heterocycles. The van der Waals surface area contributed by atoms with E-state index in [4.69, 9.17) is 9.57 Å². The van der Waals surface area contributed by atoms with Gasteiger partial charge in [-0.1, -0.05) is 23.4 Å². The number of ether oxygens (including phenoxy) is 1. The molecule has 7 heteroatoms. The van der Waals surface area contributed by atoms with Crippen molar-refractivity contribution in [2.75, 3.05) is 32.2 Å². The summed E-state index contributed by atoms with van der Waals surface area (Å²) in [5, 5.41) is 4.00. The van der Waals surface area contributed by atoms with Crippen LogP contribution in [0.5, 0.6) is 0 Å². The number of piperidine rings is 1. The first-order valence-corrected chi connectivity index (χ1v) is 8.15. The molecule has 1 saturated heterocycles. The third-order valence-electron chi connectivity index (χ3n) is 4.17. The summed E-state index contributed by atoms with van der Waals surface area (Å²) in [6.07, 6.45) is 4.98. The van der Waals surface area contributed by atoms with Crippen molar-refractivity contribution in [3.05, 3.63) is 42.0 Å². The predicted molar refractivity (Wildman–Crippen MR) is 94.0 cm³/mol. The van der Waals surface area contributed by atoms with Gasteiger partial charge in [0.25, 0.3) is 0 Å². The fourth-order valence-electron chi connectivity index (χ4n) is 2.88. The molecule has 0 bridgehead atoms. The maximum absolute atomic E-state index is 14.5. The van der Waals surface area contributed by atoms with Crippen molar-refractivity contribution in [3.63, 3.8) is 0 Å². The molecule has 0 radical (unpaired) electrons. The Balaban J connectivity index is 1.75. The molecule has 0 amide bonds. The van der Waals surface area contributed by atoms with E-state index in [1.165, 1.54) is 0 Å². The highest BCUT2D eigenvalue weighted by molar-refractivity contribution is 5.86. The third kappa shape index (κ3) is 3.93. The maximum Gasteiger partial charge on any atom is 0.225 e. The quantitative estimate of drug-likeness (QED) is 0.780. The van der Waals surface area contributed by atoms with E-state index in [1.807, 2.05) is 6.07 Å². The molecule has 0 saturated carbocycles. The van der Waals surface area contributed by atoms with E-state index < -0.39 is 0 Å². The molecular weight excluding hydrogens is 323 g/mol. The summed E-state index contributed by atoms with van der Waals surface area (Å²) in [5.74, 6) is 0.354. The zero-order chi connectivity index (χ0) is 17.6. The van der Waals surface area contributed by atoms with Crippen LogP contribution < -0.4 is 4.90 Å². The van der Waals surface area contributed by atoms with Crippen molar-refractivity contribution in [2.45, 2.75) is 19.4 Å². The largest absolute Gasteiger partial charge is 0.399 e. The summed E-state index contributed by atoms with van der Waals surface area (Å²) < 4.78 is 19.6. The average molecular weight is 344 g/mol. The van der Waals surface area contributed by atoms with Gasteiger partial charge in [0.05, 0.1) is 12.3 Å². The number of aromatic nitrogens is 2. The van der Waals surface area contributed by atoms with Crippen molar-refractivity contribution < 1.29 is 14.0 Å². The first-order valence-electron chi connectivity index (χ1n) is 8.15. The van der Waals surface area contributed by atoms with Gasteiger partial charge in [0.15, 0.2) is 0 Å². The lowest BCUT2D eigenvalue weighted by Crippen LogP contribution is -2.35.